The predicted molar refractivity (Wildman–Crippen MR) is 176 cm³/mol. The molecule has 1 atom stereocenters. The first-order valence-corrected chi connectivity index (χ1v) is 16.4. The number of nitrogens with one attached hydrogen (secondary N) is 1. The summed E-state index contributed by atoms with van der Waals surface area (Å²) in [4.78, 5) is 29.6. The van der Waals surface area contributed by atoms with Gasteiger partial charge in [-0.25, -0.2) is 8.42 Å². The molecule has 0 saturated carbocycles. The largest absolute Gasteiger partial charge is 0.352 e. The van der Waals surface area contributed by atoms with Gasteiger partial charge in [-0.2, -0.15) is 0 Å². The van der Waals surface area contributed by atoms with Crippen molar-refractivity contribution in [3.8, 4) is 0 Å². The first-order chi connectivity index (χ1) is 21.0. The summed E-state index contributed by atoms with van der Waals surface area (Å²) in [6, 6.07) is 28.0. The molecular weight excluding hydrogens is 617 g/mol. The Morgan fingerprint density at radius 1 is 0.841 bits per heavy atom. The first-order valence-electron chi connectivity index (χ1n) is 14.2. The van der Waals surface area contributed by atoms with E-state index in [0.29, 0.717) is 21.3 Å². The highest BCUT2D eigenvalue weighted by atomic mass is 35.5. The van der Waals surface area contributed by atoms with Crippen LogP contribution in [-0.4, -0.2) is 43.8 Å². The molecule has 0 saturated heterocycles. The molecule has 0 aliphatic heterocycles. The molecule has 7 nitrogen and oxygen atoms in total. The Morgan fingerprint density at radius 3 is 2.14 bits per heavy atom. The van der Waals surface area contributed by atoms with Crippen LogP contribution in [0.2, 0.25) is 10.0 Å². The van der Waals surface area contributed by atoms with Crippen molar-refractivity contribution in [1.82, 2.24) is 10.2 Å². The molecular formula is C34H35Cl2N3O4S. The van der Waals surface area contributed by atoms with Crippen molar-refractivity contribution in [1.29, 1.82) is 0 Å². The Balaban J connectivity index is 1.82. The van der Waals surface area contributed by atoms with Crippen LogP contribution in [0.15, 0.2) is 108 Å². The van der Waals surface area contributed by atoms with Gasteiger partial charge in [-0.15, -0.1) is 0 Å². The lowest BCUT2D eigenvalue weighted by Crippen LogP contribution is -2.54. The fourth-order valence-corrected chi connectivity index (χ4v) is 6.52. The van der Waals surface area contributed by atoms with Gasteiger partial charge in [0.25, 0.3) is 10.0 Å². The van der Waals surface area contributed by atoms with Gasteiger partial charge in [-0.05, 0) is 79.9 Å². The summed E-state index contributed by atoms with van der Waals surface area (Å²) in [5.74, 6) is -0.921. The summed E-state index contributed by atoms with van der Waals surface area (Å²) in [5, 5.41) is 3.75. The number of benzene rings is 4. The highest BCUT2D eigenvalue weighted by molar-refractivity contribution is 7.92. The molecule has 0 aliphatic carbocycles. The molecule has 4 aromatic carbocycles. The van der Waals surface area contributed by atoms with Crippen molar-refractivity contribution >= 4 is 50.7 Å². The number of aryl methyl sites for hydroxylation is 1. The summed E-state index contributed by atoms with van der Waals surface area (Å²) in [6.07, 6.45) is 0.212. The molecule has 1 N–H and O–H groups in total. The molecule has 0 spiro atoms. The molecule has 10 heteroatoms. The lowest BCUT2D eigenvalue weighted by molar-refractivity contribution is -0.140. The molecule has 4 rings (SSSR count). The third-order valence-corrected chi connectivity index (χ3v) is 9.38. The Morgan fingerprint density at radius 2 is 1.50 bits per heavy atom. The normalized spacial score (nSPS) is 12.0. The van der Waals surface area contributed by atoms with Gasteiger partial charge in [0.15, 0.2) is 0 Å². The molecule has 0 radical (unpaired) electrons. The second-order valence-electron chi connectivity index (χ2n) is 10.8. The summed E-state index contributed by atoms with van der Waals surface area (Å²) in [7, 11) is -4.22. The van der Waals surface area contributed by atoms with E-state index in [1.807, 2.05) is 57.2 Å². The van der Waals surface area contributed by atoms with E-state index in [4.69, 9.17) is 23.2 Å². The molecule has 0 unspecified atom stereocenters. The van der Waals surface area contributed by atoms with Crippen molar-refractivity contribution in [2.75, 3.05) is 10.8 Å². The van der Waals surface area contributed by atoms with E-state index in [1.165, 1.54) is 29.2 Å². The van der Waals surface area contributed by atoms with Crippen LogP contribution < -0.4 is 9.62 Å². The number of anilines is 1. The van der Waals surface area contributed by atoms with Gasteiger partial charge in [0.05, 0.1) is 10.6 Å². The van der Waals surface area contributed by atoms with Crippen LogP contribution in [-0.2, 0) is 32.6 Å². The third-order valence-electron chi connectivity index (χ3n) is 6.97. The number of halogens is 2. The summed E-state index contributed by atoms with van der Waals surface area (Å²) < 4.78 is 29.2. The Bertz CT molecular complexity index is 1700. The average Bonchev–Trinajstić information content (AvgIpc) is 2.98. The molecule has 0 aromatic heterocycles. The Kier molecular flexibility index (Phi) is 11.1. The minimum absolute atomic E-state index is 0.00975. The maximum absolute atomic E-state index is 14.5. The fraction of sp³-hybridized carbons (Fsp3) is 0.235. The van der Waals surface area contributed by atoms with E-state index in [1.54, 1.807) is 42.5 Å². The summed E-state index contributed by atoms with van der Waals surface area (Å²) >= 11 is 12.6. The maximum Gasteiger partial charge on any atom is 0.264 e. The molecule has 2 amide bonds. The van der Waals surface area contributed by atoms with Crippen LogP contribution in [0.5, 0.6) is 0 Å². The number of rotatable bonds is 12. The quantitative estimate of drug-likeness (QED) is 0.186. The lowest BCUT2D eigenvalue weighted by Gasteiger charge is -2.34. The number of carbonyl (C=O) groups is 2. The van der Waals surface area contributed by atoms with Crippen LogP contribution >= 0.6 is 23.2 Å². The zero-order chi connectivity index (χ0) is 31.9. The monoisotopic (exact) mass is 651 g/mol. The number of hydrogen-bond acceptors (Lipinski definition) is 4. The fourth-order valence-electron chi connectivity index (χ4n) is 4.79. The van der Waals surface area contributed by atoms with E-state index in [-0.39, 0.29) is 29.8 Å². The molecule has 0 fully saturated rings. The minimum atomic E-state index is -4.22. The van der Waals surface area contributed by atoms with Gasteiger partial charge in [0.1, 0.15) is 12.6 Å². The van der Waals surface area contributed by atoms with E-state index >= 15 is 0 Å². The van der Waals surface area contributed by atoms with Crippen molar-refractivity contribution < 1.29 is 18.0 Å². The van der Waals surface area contributed by atoms with Gasteiger partial charge in [0.2, 0.25) is 11.8 Å². The zero-order valence-electron chi connectivity index (χ0n) is 24.8. The smallest absolute Gasteiger partial charge is 0.264 e. The van der Waals surface area contributed by atoms with E-state index in [0.717, 1.165) is 15.4 Å². The highest BCUT2D eigenvalue weighted by Gasteiger charge is 2.35. The highest BCUT2D eigenvalue weighted by Crippen LogP contribution is 2.27. The lowest BCUT2D eigenvalue weighted by atomic mass is 10.0. The molecule has 0 heterocycles. The van der Waals surface area contributed by atoms with Crippen LogP contribution in [0.25, 0.3) is 0 Å². The minimum Gasteiger partial charge on any atom is -0.352 e. The van der Waals surface area contributed by atoms with Gasteiger partial charge in [-0.3, -0.25) is 13.9 Å². The first kappa shape index (κ1) is 33.1. The number of nitrogens with zero attached hydrogens (tertiary/aromatic N) is 2. The third kappa shape index (κ3) is 8.40. The van der Waals surface area contributed by atoms with Crippen LogP contribution in [0.3, 0.4) is 0 Å². The van der Waals surface area contributed by atoms with Crippen LogP contribution in [0.4, 0.5) is 5.69 Å². The van der Waals surface area contributed by atoms with Crippen LogP contribution in [0, 0.1) is 6.92 Å². The van der Waals surface area contributed by atoms with E-state index in [2.05, 4.69) is 5.32 Å². The predicted octanol–water partition coefficient (Wildman–Crippen LogP) is 6.66. The van der Waals surface area contributed by atoms with Gasteiger partial charge >= 0.3 is 0 Å². The maximum atomic E-state index is 14.5. The Hall–Kier alpha value is -3.85. The topological polar surface area (TPSA) is 86.8 Å². The van der Waals surface area contributed by atoms with Crippen molar-refractivity contribution in [2.24, 2.45) is 0 Å². The molecule has 0 aliphatic rings. The second kappa shape index (κ2) is 14.8. The molecule has 0 bridgehead atoms. The zero-order valence-corrected chi connectivity index (χ0v) is 27.1. The van der Waals surface area contributed by atoms with Gasteiger partial charge in [-0.1, -0.05) is 83.9 Å². The van der Waals surface area contributed by atoms with Gasteiger partial charge < -0.3 is 10.2 Å². The molecule has 4 aromatic rings. The average molecular weight is 653 g/mol. The number of hydrogen-bond donors (Lipinski definition) is 1. The summed E-state index contributed by atoms with van der Waals surface area (Å²) in [5.41, 5.74) is 2.60. The van der Waals surface area contributed by atoms with Crippen molar-refractivity contribution in [3.63, 3.8) is 0 Å². The van der Waals surface area contributed by atoms with Crippen LogP contribution in [0.1, 0.15) is 30.5 Å². The molecule has 44 heavy (non-hydrogen) atoms. The SMILES string of the molecule is Cc1cccc(N(CC(=O)N(Cc2ccccc2Cl)[C@H](Cc2ccccc2)C(=O)NC(C)C)S(=O)(=O)c2ccc(Cl)cc2)c1. The second-order valence-corrected chi connectivity index (χ2v) is 13.5. The van der Waals surface area contributed by atoms with Gasteiger partial charge in [0, 0.05) is 29.1 Å². The summed E-state index contributed by atoms with van der Waals surface area (Å²) in [6.45, 7) is 4.96. The van der Waals surface area contributed by atoms with Crippen molar-refractivity contribution in [3.05, 3.63) is 130 Å². The number of sulfonamides is 1. The van der Waals surface area contributed by atoms with E-state index in [9.17, 15) is 18.0 Å². The number of amides is 2. The number of carbonyl (C=O) groups excluding carboxylic acids is 2. The van der Waals surface area contributed by atoms with Crippen molar-refractivity contribution in [2.45, 2.75) is 50.7 Å². The Labute approximate surface area is 269 Å². The standard InChI is InChI=1S/C34H35Cl2N3O4S/c1-24(2)37-34(41)32(21-26-11-5-4-6-12-26)38(22-27-13-7-8-15-31(27)36)33(40)23-39(29-14-9-10-25(3)20-29)44(42,43)30-18-16-28(35)17-19-30/h4-20,24,32H,21-23H2,1-3H3,(H,37,41)/t32-/m1/s1. The molecule has 230 valence electrons. The van der Waals surface area contributed by atoms with E-state index < -0.39 is 28.5 Å².